The second-order valence-electron chi connectivity index (χ2n) is 6.48. The van der Waals surface area contributed by atoms with E-state index in [0.717, 1.165) is 12.5 Å². The monoisotopic (exact) mass is 241 g/mol. The highest BCUT2D eigenvalue weighted by Gasteiger charge is 2.34. The molecular weight excluding hydrogens is 214 g/mol. The van der Waals surface area contributed by atoms with Crippen molar-refractivity contribution in [3.8, 4) is 0 Å². The van der Waals surface area contributed by atoms with Crippen LogP contribution in [0.1, 0.15) is 46.0 Å². The number of nitrogens with one attached hydrogen (secondary N) is 1. The molecule has 0 heterocycles. The van der Waals surface area contributed by atoms with Crippen molar-refractivity contribution in [2.45, 2.75) is 58.1 Å². The van der Waals surface area contributed by atoms with Crippen molar-refractivity contribution in [2.75, 3.05) is 19.8 Å². The summed E-state index contributed by atoms with van der Waals surface area (Å²) in [6.45, 7) is 6.61. The molecule has 2 aliphatic carbocycles. The highest BCUT2D eigenvalue weighted by Crippen LogP contribution is 2.37. The van der Waals surface area contributed by atoms with Gasteiger partial charge in [-0.25, -0.2) is 0 Å². The molecule has 0 spiro atoms. The molecule has 2 unspecified atom stereocenters. The molecule has 2 aliphatic rings. The average Bonchev–Trinajstić information content (AvgIpc) is 3.00. The van der Waals surface area contributed by atoms with Crippen LogP contribution in [-0.4, -0.2) is 37.0 Å². The SMILES string of the molecule is CC1(C)CCCC1NCC(O)COCC1CC1. The summed E-state index contributed by atoms with van der Waals surface area (Å²) in [5, 5.41) is 13.3. The Kier molecular flexibility index (Phi) is 4.45. The maximum absolute atomic E-state index is 9.83. The maximum Gasteiger partial charge on any atom is 0.0897 e. The fourth-order valence-corrected chi connectivity index (χ4v) is 2.70. The molecule has 0 aliphatic heterocycles. The van der Waals surface area contributed by atoms with E-state index < -0.39 is 0 Å². The van der Waals surface area contributed by atoms with E-state index in [1.807, 2.05) is 0 Å². The molecule has 2 N–H and O–H groups in total. The number of aliphatic hydroxyl groups is 1. The fourth-order valence-electron chi connectivity index (χ4n) is 2.70. The van der Waals surface area contributed by atoms with E-state index in [0.29, 0.717) is 24.6 Å². The molecule has 2 fully saturated rings. The summed E-state index contributed by atoms with van der Waals surface area (Å²) in [6, 6.07) is 0.556. The molecule has 0 aromatic heterocycles. The van der Waals surface area contributed by atoms with Crippen molar-refractivity contribution >= 4 is 0 Å². The van der Waals surface area contributed by atoms with Crippen molar-refractivity contribution < 1.29 is 9.84 Å². The quantitative estimate of drug-likeness (QED) is 0.716. The van der Waals surface area contributed by atoms with Crippen LogP contribution in [0.25, 0.3) is 0 Å². The predicted octanol–water partition coefficient (Wildman–Crippen LogP) is 1.94. The lowest BCUT2D eigenvalue weighted by Gasteiger charge is -2.28. The van der Waals surface area contributed by atoms with Gasteiger partial charge in [0.15, 0.2) is 0 Å². The van der Waals surface area contributed by atoms with Gasteiger partial charge in [-0.2, -0.15) is 0 Å². The van der Waals surface area contributed by atoms with Crippen LogP contribution in [0.3, 0.4) is 0 Å². The Hall–Kier alpha value is -0.120. The van der Waals surface area contributed by atoms with E-state index in [2.05, 4.69) is 19.2 Å². The zero-order valence-electron chi connectivity index (χ0n) is 11.2. The summed E-state index contributed by atoms with van der Waals surface area (Å²) in [5.74, 6) is 0.781. The predicted molar refractivity (Wildman–Crippen MR) is 69.0 cm³/mol. The summed E-state index contributed by atoms with van der Waals surface area (Å²) in [6.07, 6.45) is 6.10. The third kappa shape index (κ3) is 4.23. The Bertz CT molecular complexity index is 238. The van der Waals surface area contributed by atoms with Crippen molar-refractivity contribution in [3.05, 3.63) is 0 Å². The molecule has 17 heavy (non-hydrogen) atoms. The van der Waals surface area contributed by atoms with Crippen LogP contribution in [0, 0.1) is 11.3 Å². The van der Waals surface area contributed by atoms with E-state index >= 15 is 0 Å². The summed E-state index contributed by atoms with van der Waals surface area (Å²) in [5.41, 5.74) is 0.384. The number of hydrogen-bond acceptors (Lipinski definition) is 3. The first-order valence-electron chi connectivity index (χ1n) is 7.07. The molecule has 2 rings (SSSR count). The first-order chi connectivity index (χ1) is 8.08. The summed E-state index contributed by atoms with van der Waals surface area (Å²) in [7, 11) is 0. The third-order valence-electron chi connectivity index (χ3n) is 4.22. The first kappa shape index (κ1) is 13.3. The molecule has 3 heteroatoms. The van der Waals surface area contributed by atoms with Gasteiger partial charge in [0.2, 0.25) is 0 Å². The Morgan fingerprint density at radius 2 is 2.12 bits per heavy atom. The van der Waals surface area contributed by atoms with Gasteiger partial charge in [-0.05, 0) is 37.0 Å². The summed E-state index contributed by atoms with van der Waals surface area (Å²) in [4.78, 5) is 0. The molecule has 3 nitrogen and oxygen atoms in total. The smallest absolute Gasteiger partial charge is 0.0897 e. The Morgan fingerprint density at radius 1 is 1.35 bits per heavy atom. The van der Waals surface area contributed by atoms with E-state index in [9.17, 15) is 5.11 Å². The van der Waals surface area contributed by atoms with Gasteiger partial charge in [-0.15, -0.1) is 0 Å². The van der Waals surface area contributed by atoms with E-state index in [-0.39, 0.29) is 6.10 Å². The minimum atomic E-state index is -0.356. The largest absolute Gasteiger partial charge is 0.389 e. The minimum absolute atomic E-state index is 0.356. The Balaban J connectivity index is 1.56. The van der Waals surface area contributed by atoms with E-state index in [1.165, 1.54) is 32.1 Å². The van der Waals surface area contributed by atoms with Crippen LogP contribution < -0.4 is 5.32 Å². The van der Waals surface area contributed by atoms with Gasteiger partial charge < -0.3 is 15.2 Å². The van der Waals surface area contributed by atoms with Crippen LogP contribution in [0.5, 0.6) is 0 Å². The third-order valence-corrected chi connectivity index (χ3v) is 4.22. The second kappa shape index (κ2) is 5.68. The van der Waals surface area contributed by atoms with Crippen LogP contribution in [-0.2, 0) is 4.74 Å². The minimum Gasteiger partial charge on any atom is -0.389 e. The molecule has 2 saturated carbocycles. The van der Waals surface area contributed by atoms with E-state index in [4.69, 9.17) is 4.74 Å². The lowest BCUT2D eigenvalue weighted by atomic mass is 9.87. The van der Waals surface area contributed by atoms with Crippen molar-refractivity contribution in [1.82, 2.24) is 5.32 Å². The maximum atomic E-state index is 9.83. The standard InChI is InChI=1S/C14H27NO2/c1-14(2)7-3-4-13(14)15-8-12(16)10-17-9-11-5-6-11/h11-13,15-16H,3-10H2,1-2H3. The average molecular weight is 241 g/mol. The molecule has 2 atom stereocenters. The van der Waals surface area contributed by atoms with Gasteiger partial charge in [0.05, 0.1) is 12.7 Å². The number of ether oxygens (including phenoxy) is 1. The van der Waals surface area contributed by atoms with Crippen LogP contribution >= 0.6 is 0 Å². The Morgan fingerprint density at radius 3 is 2.71 bits per heavy atom. The molecular formula is C14H27NO2. The highest BCUT2D eigenvalue weighted by molar-refractivity contribution is 4.90. The lowest BCUT2D eigenvalue weighted by Crippen LogP contribution is -2.42. The van der Waals surface area contributed by atoms with Crippen LogP contribution in [0.15, 0.2) is 0 Å². The zero-order valence-corrected chi connectivity index (χ0v) is 11.2. The number of hydrogen-bond donors (Lipinski definition) is 2. The molecule has 0 aromatic rings. The zero-order chi connectivity index (χ0) is 12.3. The lowest BCUT2D eigenvalue weighted by molar-refractivity contribution is 0.0296. The molecule has 0 amide bonds. The van der Waals surface area contributed by atoms with E-state index in [1.54, 1.807) is 0 Å². The molecule has 0 saturated heterocycles. The second-order valence-corrected chi connectivity index (χ2v) is 6.48. The number of rotatable bonds is 7. The molecule has 100 valence electrons. The topological polar surface area (TPSA) is 41.5 Å². The molecule has 0 radical (unpaired) electrons. The van der Waals surface area contributed by atoms with Gasteiger partial charge in [0.1, 0.15) is 0 Å². The van der Waals surface area contributed by atoms with Crippen LogP contribution in [0.2, 0.25) is 0 Å². The van der Waals surface area contributed by atoms with Crippen molar-refractivity contribution in [2.24, 2.45) is 11.3 Å². The first-order valence-corrected chi connectivity index (χ1v) is 7.07. The molecule has 0 bridgehead atoms. The van der Waals surface area contributed by atoms with Gasteiger partial charge >= 0.3 is 0 Å². The van der Waals surface area contributed by atoms with Crippen molar-refractivity contribution in [1.29, 1.82) is 0 Å². The summed E-state index contributed by atoms with van der Waals surface area (Å²) < 4.78 is 5.50. The summed E-state index contributed by atoms with van der Waals surface area (Å²) >= 11 is 0. The van der Waals surface area contributed by atoms with Gasteiger partial charge in [-0.3, -0.25) is 0 Å². The van der Waals surface area contributed by atoms with Gasteiger partial charge in [-0.1, -0.05) is 20.3 Å². The number of aliphatic hydroxyl groups excluding tert-OH is 1. The molecule has 0 aromatic carbocycles. The van der Waals surface area contributed by atoms with Gasteiger partial charge in [0.25, 0.3) is 0 Å². The Labute approximate surface area is 105 Å². The fraction of sp³-hybridized carbons (Fsp3) is 1.00. The van der Waals surface area contributed by atoms with Crippen LogP contribution in [0.4, 0.5) is 0 Å². The normalized spacial score (nSPS) is 29.5. The van der Waals surface area contributed by atoms with Gasteiger partial charge in [0, 0.05) is 19.2 Å². The highest BCUT2D eigenvalue weighted by atomic mass is 16.5. The van der Waals surface area contributed by atoms with Crippen molar-refractivity contribution in [3.63, 3.8) is 0 Å².